The average Bonchev–Trinajstić information content (AvgIpc) is 3.51. The largest absolute Gasteiger partial charge is 0.348 e. The van der Waals surface area contributed by atoms with Crippen LogP contribution in [0.1, 0.15) is 94.6 Å². The number of ether oxygens (including phenoxy) is 1. The minimum Gasteiger partial charge on any atom is -0.348 e. The van der Waals surface area contributed by atoms with E-state index in [0.717, 1.165) is 44.5 Å². The molecule has 49 heavy (non-hydrogen) atoms. The number of carbonyl (C=O) groups is 1. The molecule has 1 N–H and O–H groups in total. The number of halogens is 1. The monoisotopic (exact) mass is 692 g/mol. The molecule has 268 valence electrons. The van der Waals surface area contributed by atoms with E-state index in [9.17, 15) is 14.4 Å². The van der Waals surface area contributed by atoms with Crippen LogP contribution in [-0.4, -0.2) is 107 Å². The molecule has 8 nitrogen and oxygen atoms in total. The van der Waals surface area contributed by atoms with E-state index in [1.165, 1.54) is 75.0 Å². The van der Waals surface area contributed by atoms with Crippen molar-refractivity contribution in [3.05, 3.63) is 47.8 Å². The zero-order valence-electron chi connectivity index (χ0n) is 29.5. The lowest BCUT2D eigenvalue weighted by molar-refractivity contribution is -0.200. The van der Waals surface area contributed by atoms with Crippen molar-refractivity contribution in [1.82, 2.24) is 24.9 Å². The molecule has 1 amide bonds. The second kappa shape index (κ2) is 15.7. The Labute approximate surface area is 297 Å². The van der Waals surface area contributed by atoms with E-state index in [0.29, 0.717) is 50.2 Å². The zero-order chi connectivity index (χ0) is 34.0. The lowest BCUT2D eigenvalue weighted by Crippen LogP contribution is -2.75. The molecule has 4 heterocycles. The van der Waals surface area contributed by atoms with Crippen LogP contribution >= 0.6 is 11.8 Å². The molecular formula is C39H57FN6O2S. The summed E-state index contributed by atoms with van der Waals surface area (Å²) in [5, 5.41) is 13.9. The van der Waals surface area contributed by atoms with E-state index in [1.807, 2.05) is 11.0 Å². The first-order chi connectivity index (χ1) is 23.9. The average molecular weight is 693 g/mol. The molecule has 6 unspecified atom stereocenters. The molecule has 1 aromatic rings. The van der Waals surface area contributed by atoms with Crippen LogP contribution in [0.5, 0.6) is 0 Å². The van der Waals surface area contributed by atoms with Crippen LogP contribution in [0.15, 0.2) is 30.9 Å². The molecule has 1 spiro atoms. The third-order valence-electron chi connectivity index (χ3n) is 12.9. The number of thioether (sulfide) groups is 1. The minimum atomic E-state index is -0.194. The molecule has 0 aromatic heterocycles. The highest BCUT2D eigenvalue weighted by Crippen LogP contribution is 2.53. The van der Waals surface area contributed by atoms with Crippen molar-refractivity contribution in [2.24, 2.45) is 5.92 Å². The number of hydrogen-bond donors (Lipinski definition) is 1. The van der Waals surface area contributed by atoms with Crippen molar-refractivity contribution in [3.63, 3.8) is 0 Å². The maximum Gasteiger partial charge on any atom is 0.246 e. The number of fused-ring (bicyclic) bond motifs is 2. The second-order valence-corrected chi connectivity index (χ2v) is 17.2. The molecule has 6 aliphatic rings. The number of nitriles is 1. The first kappa shape index (κ1) is 35.4. The Morgan fingerprint density at radius 2 is 1.92 bits per heavy atom. The second-order valence-electron chi connectivity index (χ2n) is 15.8. The van der Waals surface area contributed by atoms with Gasteiger partial charge in [0.25, 0.3) is 0 Å². The highest BCUT2D eigenvalue weighted by molar-refractivity contribution is 8.00. The minimum absolute atomic E-state index is 0.0817. The Morgan fingerprint density at radius 3 is 2.67 bits per heavy atom. The van der Waals surface area contributed by atoms with E-state index < -0.39 is 0 Å². The molecule has 3 saturated heterocycles. The number of rotatable bonds is 7. The van der Waals surface area contributed by atoms with E-state index >= 15 is 0 Å². The fourth-order valence-electron chi connectivity index (χ4n) is 10.2. The van der Waals surface area contributed by atoms with Gasteiger partial charge in [0, 0.05) is 54.2 Å². The lowest BCUT2D eigenvalue weighted by atomic mass is 9.71. The number of nitrogens with zero attached hydrogens (tertiary/aromatic N) is 5. The van der Waals surface area contributed by atoms with Crippen LogP contribution in [0, 0.1) is 23.1 Å². The van der Waals surface area contributed by atoms with Crippen LogP contribution in [0.4, 0.5) is 4.39 Å². The number of amides is 1. The Kier molecular flexibility index (Phi) is 11.4. The van der Waals surface area contributed by atoms with Gasteiger partial charge in [0.15, 0.2) is 6.35 Å². The molecule has 7 rings (SSSR count). The summed E-state index contributed by atoms with van der Waals surface area (Å²) >= 11 is 2.11. The number of likely N-dealkylation sites (tertiary alicyclic amines) is 1. The van der Waals surface area contributed by atoms with Crippen molar-refractivity contribution in [2.75, 3.05) is 39.8 Å². The van der Waals surface area contributed by atoms with Gasteiger partial charge in [-0.15, -0.1) is 11.8 Å². The molecule has 5 fully saturated rings. The van der Waals surface area contributed by atoms with Gasteiger partial charge in [-0.1, -0.05) is 44.7 Å². The topological polar surface area (TPSA) is 75.1 Å². The van der Waals surface area contributed by atoms with E-state index in [1.54, 1.807) is 12.1 Å². The Bertz CT molecular complexity index is 1370. The molecule has 2 aliphatic carbocycles. The smallest absolute Gasteiger partial charge is 0.246 e. The summed E-state index contributed by atoms with van der Waals surface area (Å²) in [6, 6.07) is 8.85. The summed E-state index contributed by atoms with van der Waals surface area (Å²) < 4.78 is 21.7. The molecule has 1 aromatic carbocycles. The molecule has 0 radical (unpaired) electrons. The van der Waals surface area contributed by atoms with Gasteiger partial charge in [0.1, 0.15) is 5.82 Å². The van der Waals surface area contributed by atoms with Crippen molar-refractivity contribution in [3.8, 4) is 6.07 Å². The third kappa shape index (κ3) is 7.64. The third-order valence-corrected chi connectivity index (χ3v) is 14.5. The first-order valence-electron chi connectivity index (χ1n) is 19.2. The summed E-state index contributed by atoms with van der Waals surface area (Å²) in [6.07, 6.45) is 17.1. The summed E-state index contributed by atoms with van der Waals surface area (Å²) in [5.41, 5.74) is 2.48. The molecule has 7 atom stereocenters. The molecule has 4 aliphatic heterocycles. The summed E-state index contributed by atoms with van der Waals surface area (Å²) in [5.74, 6) is 1.13. The van der Waals surface area contributed by atoms with Crippen LogP contribution in [0.3, 0.4) is 0 Å². The first-order valence-corrected chi connectivity index (χ1v) is 20.2. The maximum atomic E-state index is 14.5. The molecule has 0 bridgehead atoms. The predicted molar refractivity (Wildman–Crippen MR) is 193 cm³/mol. The molecule has 10 heteroatoms. The normalized spacial score (nSPS) is 35.2. The Morgan fingerprint density at radius 1 is 1.10 bits per heavy atom. The van der Waals surface area contributed by atoms with Crippen molar-refractivity contribution in [1.29, 1.82) is 5.26 Å². The van der Waals surface area contributed by atoms with Crippen molar-refractivity contribution < 1.29 is 13.9 Å². The van der Waals surface area contributed by atoms with Crippen LogP contribution < -0.4 is 5.32 Å². The van der Waals surface area contributed by atoms with Gasteiger partial charge in [-0.2, -0.15) is 5.26 Å². The molecular weight excluding hydrogens is 636 g/mol. The SMILES string of the molecule is C=CC(=O)N1CCN(C2NC(OCC3CCCN3C)N(C3CCCCCCC3)C3C[C@]4(CCC23)Cc2cc(F)ccc2CS4)CC1CC#N. The number of piperazine rings is 1. The van der Waals surface area contributed by atoms with Crippen molar-refractivity contribution >= 4 is 17.7 Å². The Hall–Kier alpha value is -2.00. The quantitative estimate of drug-likeness (QED) is 0.356. The number of nitrogens with one attached hydrogen (secondary N) is 1. The maximum absolute atomic E-state index is 14.5. The fourth-order valence-corrected chi connectivity index (χ4v) is 11.8. The highest BCUT2D eigenvalue weighted by atomic mass is 32.2. The number of carbonyl (C=O) groups excluding carboxylic acids is 1. The zero-order valence-corrected chi connectivity index (χ0v) is 30.4. The highest BCUT2D eigenvalue weighted by Gasteiger charge is 2.54. The van der Waals surface area contributed by atoms with E-state index in [-0.39, 0.29) is 35.0 Å². The van der Waals surface area contributed by atoms with E-state index in [2.05, 4.69) is 51.5 Å². The fraction of sp³-hybridized carbons (Fsp3) is 0.744. The number of likely N-dealkylation sites (N-methyl/N-ethyl adjacent to an activating group) is 1. The number of hydrogen-bond acceptors (Lipinski definition) is 8. The predicted octanol–water partition coefficient (Wildman–Crippen LogP) is 5.87. The van der Waals surface area contributed by atoms with Gasteiger partial charge in [-0.3, -0.25) is 19.9 Å². The summed E-state index contributed by atoms with van der Waals surface area (Å²) in [6.45, 7) is 7.61. The van der Waals surface area contributed by atoms with E-state index in [4.69, 9.17) is 4.74 Å². The van der Waals surface area contributed by atoms with Gasteiger partial charge >= 0.3 is 0 Å². The van der Waals surface area contributed by atoms with Gasteiger partial charge in [0.05, 0.1) is 31.3 Å². The summed E-state index contributed by atoms with van der Waals surface area (Å²) in [7, 11) is 2.23. The molecule has 2 saturated carbocycles. The van der Waals surface area contributed by atoms with Crippen LogP contribution in [-0.2, 0) is 21.7 Å². The Balaban J connectivity index is 1.22. The number of benzene rings is 1. The van der Waals surface area contributed by atoms with Gasteiger partial charge < -0.3 is 14.5 Å². The van der Waals surface area contributed by atoms with Gasteiger partial charge in [-0.05, 0) is 94.3 Å². The van der Waals surface area contributed by atoms with Crippen LogP contribution in [0.25, 0.3) is 0 Å². The van der Waals surface area contributed by atoms with Crippen molar-refractivity contribution in [2.45, 2.75) is 137 Å². The van der Waals surface area contributed by atoms with Gasteiger partial charge in [-0.25, -0.2) is 4.39 Å². The standard InChI is InChI=1S/C39H57FN6O2S/c1-3-36(47)45-21-20-44(25-32(45)16-18-41)37-34-15-17-39(23-29-22-30(40)14-13-28(29)27-49-39)24-35(34)46(31-10-7-5-4-6-8-11-31)38(42-37)48-26-33-12-9-19-43(33)2/h3,13-14,22,31-35,37-38,42H,1,4-12,15-17,19-21,23-27H2,2H3/t32?,33?,34?,35?,37?,38?,39-/m0/s1. The summed E-state index contributed by atoms with van der Waals surface area (Å²) in [4.78, 5) is 22.5. The van der Waals surface area contributed by atoms with Crippen LogP contribution in [0.2, 0.25) is 0 Å². The lowest BCUT2D eigenvalue weighted by Gasteiger charge is -2.61. The van der Waals surface area contributed by atoms with Gasteiger partial charge in [0.2, 0.25) is 5.91 Å².